The Kier molecular flexibility index (Phi) is 10.2. The molecule has 1 atom stereocenters. The fourth-order valence-corrected chi connectivity index (χ4v) is 0. The van der Waals surface area contributed by atoms with Crippen molar-refractivity contribution in [1.29, 1.82) is 0 Å². The summed E-state index contributed by atoms with van der Waals surface area (Å²) >= 11 is 3.69. The molecule has 0 radical (unpaired) electrons. The van der Waals surface area contributed by atoms with E-state index in [1.165, 1.54) is 0 Å². The molecule has 0 aromatic heterocycles. The fraction of sp³-hybridized carbons (Fsp3) is 0. The van der Waals surface area contributed by atoms with Gasteiger partial charge >= 0.3 is 29.6 Å². The summed E-state index contributed by atoms with van der Waals surface area (Å²) < 4.78 is 16.3. The van der Waals surface area contributed by atoms with Crippen LogP contribution in [0.5, 0.6) is 0 Å². The summed E-state index contributed by atoms with van der Waals surface area (Å²) in [5.74, 6) is 0. The molecule has 0 saturated carbocycles. The van der Waals surface area contributed by atoms with E-state index >= 15 is 0 Å². The second kappa shape index (κ2) is 5.33. The van der Waals surface area contributed by atoms with E-state index in [1.807, 2.05) is 0 Å². The van der Waals surface area contributed by atoms with Gasteiger partial charge in [0.15, 0.2) is 0 Å². The molecule has 0 bridgehead atoms. The first-order chi connectivity index (χ1) is 1.73. The molecular formula is H3NaO2S2. The van der Waals surface area contributed by atoms with E-state index < -0.39 is 9.64 Å². The number of thiol groups is 1. The summed E-state index contributed by atoms with van der Waals surface area (Å²) in [6.07, 6.45) is 0. The van der Waals surface area contributed by atoms with Gasteiger partial charge in [0.2, 0.25) is 0 Å². The van der Waals surface area contributed by atoms with Gasteiger partial charge in [0, 0.05) is 11.2 Å². The zero-order chi connectivity index (χ0) is 3.58. The summed E-state index contributed by atoms with van der Waals surface area (Å²) in [6.45, 7) is 0. The van der Waals surface area contributed by atoms with Crippen LogP contribution in [0.2, 0.25) is 0 Å². The molecule has 0 aliphatic carbocycles. The molecule has 0 saturated heterocycles. The molecule has 0 amide bonds. The molecule has 5 heavy (non-hydrogen) atoms. The van der Waals surface area contributed by atoms with Gasteiger partial charge in [-0.25, -0.2) is 4.21 Å². The van der Waals surface area contributed by atoms with Crippen molar-refractivity contribution in [2.75, 3.05) is 0 Å². The summed E-state index contributed by atoms with van der Waals surface area (Å²) in [6, 6.07) is 0. The molecule has 0 aliphatic rings. The third-order valence-electron chi connectivity index (χ3n) is 0. The van der Waals surface area contributed by atoms with E-state index in [0.29, 0.717) is 0 Å². The van der Waals surface area contributed by atoms with Crippen molar-refractivity contribution in [2.45, 2.75) is 0 Å². The Labute approximate surface area is 58.8 Å². The van der Waals surface area contributed by atoms with Gasteiger partial charge in [-0.2, -0.15) is 0 Å². The van der Waals surface area contributed by atoms with Gasteiger partial charge in [0.25, 0.3) is 0 Å². The minimum absolute atomic E-state index is 0. The van der Waals surface area contributed by atoms with Gasteiger partial charge in [0.1, 0.15) is 9.64 Å². The molecule has 28 valence electrons. The Morgan fingerprint density at radius 3 is 1.80 bits per heavy atom. The summed E-state index contributed by atoms with van der Waals surface area (Å²) in [4.78, 5) is 0. The molecule has 0 spiro atoms. The minimum atomic E-state index is -2.29. The van der Waals surface area contributed by atoms with Crippen LogP contribution >= 0.6 is 0 Å². The Hall–Kier alpha value is 1.33. The maximum atomic E-state index is 8.96. The topological polar surface area (TPSA) is 37.3 Å². The van der Waals surface area contributed by atoms with Crippen LogP contribution in [0.4, 0.5) is 0 Å². The number of hydrogen-bond donors (Lipinski definition) is 2. The van der Waals surface area contributed by atoms with E-state index in [9.17, 15) is 0 Å². The predicted molar refractivity (Wildman–Crippen MR) is 26.7 cm³/mol. The fourth-order valence-electron chi connectivity index (χ4n) is 0. The summed E-state index contributed by atoms with van der Waals surface area (Å²) in [5, 5.41) is 0. The zero-order valence-electron chi connectivity index (χ0n) is 1.71. The van der Waals surface area contributed by atoms with Gasteiger partial charge in [0.05, 0.1) is 0 Å². The van der Waals surface area contributed by atoms with Gasteiger partial charge in [-0.15, -0.1) is 0 Å². The van der Waals surface area contributed by atoms with Crippen molar-refractivity contribution >= 4 is 50.4 Å². The van der Waals surface area contributed by atoms with Crippen LogP contribution in [0.25, 0.3) is 0 Å². The van der Waals surface area contributed by atoms with Crippen LogP contribution in [-0.4, -0.2) is 38.3 Å². The number of rotatable bonds is 0. The van der Waals surface area contributed by atoms with Crippen molar-refractivity contribution in [3.8, 4) is 0 Å². The molecule has 1 unspecified atom stereocenters. The molecule has 2 nitrogen and oxygen atoms in total. The first-order valence-corrected chi connectivity index (χ1v) is 2.79. The molecule has 0 aromatic carbocycles. The zero-order valence-corrected chi connectivity index (χ0v) is 3.42. The van der Waals surface area contributed by atoms with Gasteiger partial charge in [-0.3, -0.25) is 0 Å². The van der Waals surface area contributed by atoms with E-state index in [1.54, 1.807) is 0 Å². The number of hydrogen-bond acceptors (Lipinski definition) is 2. The third-order valence-corrected chi connectivity index (χ3v) is 0. The standard InChI is InChI=1S/Na.H2O2S2.H/c;1-4(2)3;/h;4H,(H,1,2,3);. The van der Waals surface area contributed by atoms with Gasteiger partial charge < -0.3 is 4.55 Å². The second-order valence-corrected chi connectivity index (χ2v) is 1.65. The van der Waals surface area contributed by atoms with Gasteiger partial charge in [-0.1, -0.05) is 0 Å². The third kappa shape index (κ3) is 33.4. The van der Waals surface area contributed by atoms with Crippen LogP contribution in [0.3, 0.4) is 0 Å². The quantitative estimate of drug-likeness (QED) is 0.311. The van der Waals surface area contributed by atoms with Crippen molar-refractivity contribution in [3.63, 3.8) is 0 Å². The van der Waals surface area contributed by atoms with Crippen LogP contribution < -0.4 is 0 Å². The second-order valence-electron chi connectivity index (χ2n) is 0.238. The Bertz CT molecular complexity index is 56.0. The summed E-state index contributed by atoms with van der Waals surface area (Å²) in [5.41, 5.74) is 0. The van der Waals surface area contributed by atoms with E-state index in [-0.39, 0.29) is 29.6 Å². The van der Waals surface area contributed by atoms with E-state index in [0.717, 1.165) is 0 Å². The molecule has 1 N–H and O–H groups in total. The monoisotopic (exact) mass is 122 g/mol. The maximum absolute atomic E-state index is 8.96. The normalized spacial score (nSPS) is 12.2. The Balaban J connectivity index is 0. The first-order valence-electron chi connectivity index (χ1n) is 0.565. The van der Waals surface area contributed by atoms with Crippen LogP contribution in [0, 0.1) is 0 Å². The summed E-state index contributed by atoms with van der Waals surface area (Å²) in [7, 11) is -2.29. The van der Waals surface area contributed by atoms with Crippen molar-refractivity contribution in [2.24, 2.45) is 0 Å². The van der Waals surface area contributed by atoms with Crippen LogP contribution in [0.15, 0.2) is 0 Å². The van der Waals surface area contributed by atoms with Crippen molar-refractivity contribution in [1.82, 2.24) is 0 Å². The van der Waals surface area contributed by atoms with Crippen LogP contribution in [0.1, 0.15) is 0 Å². The average molecular weight is 122 g/mol. The van der Waals surface area contributed by atoms with Gasteiger partial charge in [-0.05, 0) is 0 Å². The van der Waals surface area contributed by atoms with Crippen molar-refractivity contribution < 1.29 is 8.76 Å². The molecule has 0 heterocycles. The molecule has 0 aliphatic heterocycles. The molecule has 5 heteroatoms. The van der Waals surface area contributed by atoms with E-state index in [2.05, 4.69) is 11.2 Å². The van der Waals surface area contributed by atoms with E-state index in [4.69, 9.17) is 8.76 Å². The Morgan fingerprint density at radius 1 is 1.80 bits per heavy atom. The molecule has 0 fully saturated rings. The average Bonchev–Trinajstić information content (AvgIpc) is 0.811. The Morgan fingerprint density at radius 2 is 1.80 bits per heavy atom. The predicted octanol–water partition coefficient (Wildman–Crippen LogP) is -1.25. The molecule has 0 rings (SSSR count). The van der Waals surface area contributed by atoms with Crippen molar-refractivity contribution in [3.05, 3.63) is 0 Å². The molecular weight excluding hydrogens is 119 g/mol. The first kappa shape index (κ1) is 9.59. The van der Waals surface area contributed by atoms with Crippen LogP contribution in [-0.2, 0) is 20.8 Å². The molecule has 0 aromatic rings. The SMILES string of the molecule is O=[SH](O)=S.[NaH].